The molecule has 2 aromatic carbocycles. The molecular formula is C16H17NO3. The predicted molar refractivity (Wildman–Crippen MR) is 76.6 cm³/mol. The Hall–Kier alpha value is -2.07. The number of likely N-dealkylation sites (tertiary alicyclic amines) is 1. The van der Waals surface area contributed by atoms with Gasteiger partial charge in [0.1, 0.15) is 5.75 Å². The van der Waals surface area contributed by atoms with Gasteiger partial charge >= 0.3 is 5.97 Å². The Morgan fingerprint density at radius 3 is 2.80 bits per heavy atom. The summed E-state index contributed by atoms with van der Waals surface area (Å²) in [5.74, 6) is -0.732. The first-order valence-electron chi connectivity index (χ1n) is 6.80. The van der Waals surface area contributed by atoms with Crippen LogP contribution in [-0.2, 0) is 11.3 Å². The molecule has 0 aliphatic carbocycles. The van der Waals surface area contributed by atoms with Crippen molar-refractivity contribution in [2.45, 2.75) is 13.0 Å². The predicted octanol–water partition coefficient (Wildman–Crippen LogP) is 2.45. The lowest BCUT2D eigenvalue weighted by molar-refractivity contribution is -0.141. The number of aliphatic carboxylic acids is 1. The first kappa shape index (κ1) is 12.9. The van der Waals surface area contributed by atoms with Crippen LogP contribution in [0.2, 0.25) is 0 Å². The van der Waals surface area contributed by atoms with Crippen LogP contribution in [0.25, 0.3) is 10.8 Å². The van der Waals surface area contributed by atoms with Gasteiger partial charge in [-0.15, -0.1) is 0 Å². The molecule has 0 bridgehead atoms. The van der Waals surface area contributed by atoms with Crippen molar-refractivity contribution in [1.29, 1.82) is 0 Å². The van der Waals surface area contributed by atoms with Gasteiger partial charge in [0.25, 0.3) is 0 Å². The lowest BCUT2D eigenvalue weighted by Gasteiger charge is -2.17. The molecule has 4 nitrogen and oxygen atoms in total. The van der Waals surface area contributed by atoms with E-state index in [0.717, 1.165) is 22.9 Å². The second kappa shape index (κ2) is 5.13. The van der Waals surface area contributed by atoms with Gasteiger partial charge in [0.15, 0.2) is 0 Å². The van der Waals surface area contributed by atoms with Crippen LogP contribution < -0.4 is 0 Å². The summed E-state index contributed by atoms with van der Waals surface area (Å²) >= 11 is 0. The molecule has 1 heterocycles. The highest BCUT2D eigenvalue weighted by atomic mass is 16.4. The van der Waals surface area contributed by atoms with E-state index in [0.29, 0.717) is 19.5 Å². The number of aromatic hydroxyl groups is 1. The molecule has 1 aliphatic rings. The molecular weight excluding hydrogens is 254 g/mol. The third-order valence-electron chi connectivity index (χ3n) is 4.02. The van der Waals surface area contributed by atoms with Crippen LogP contribution in [0, 0.1) is 5.92 Å². The van der Waals surface area contributed by atoms with Crippen molar-refractivity contribution in [2.24, 2.45) is 5.92 Å². The van der Waals surface area contributed by atoms with Gasteiger partial charge in [-0.1, -0.05) is 30.3 Å². The maximum Gasteiger partial charge on any atom is 0.307 e. The normalized spacial score (nSPS) is 19.5. The fourth-order valence-corrected chi connectivity index (χ4v) is 2.89. The monoisotopic (exact) mass is 271 g/mol. The SMILES string of the molecule is O=C(O)C1CCN(Cc2c(O)ccc3ccccc23)C1. The first-order chi connectivity index (χ1) is 9.65. The minimum Gasteiger partial charge on any atom is -0.508 e. The third-order valence-corrected chi connectivity index (χ3v) is 4.02. The Labute approximate surface area is 117 Å². The van der Waals surface area contributed by atoms with Crippen LogP contribution in [0.5, 0.6) is 5.75 Å². The summed E-state index contributed by atoms with van der Waals surface area (Å²) in [6.07, 6.45) is 0.681. The molecule has 104 valence electrons. The Morgan fingerprint density at radius 2 is 2.05 bits per heavy atom. The van der Waals surface area contributed by atoms with Gasteiger partial charge in [0.05, 0.1) is 5.92 Å². The van der Waals surface area contributed by atoms with Crippen LogP contribution in [0.4, 0.5) is 0 Å². The lowest BCUT2D eigenvalue weighted by atomic mass is 10.0. The van der Waals surface area contributed by atoms with Crippen molar-refractivity contribution in [3.63, 3.8) is 0 Å². The van der Waals surface area contributed by atoms with Crippen LogP contribution in [-0.4, -0.2) is 34.2 Å². The van der Waals surface area contributed by atoms with Gasteiger partial charge in [-0.05, 0) is 29.8 Å². The van der Waals surface area contributed by atoms with Crippen LogP contribution in [0.1, 0.15) is 12.0 Å². The molecule has 0 aromatic heterocycles. The zero-order valence-electron chi connectivity index (χ0n) is 11.1. The second-order valence-electron chi connectivity index (χ2n) is 5.34. The average molecular weight is 271 g/mol. The minimum absolute atomic E-state index is 0.280. The maximum absolute atomic E-state index is 11.0. The van der Waals surface area contributed by atoms with E-state index in [9.17, 15) is 9.90 Å². The van der Waals surface area contributed by atoms with Gasteiger partial charge < -0.3 is 10.2 Å². The van der Waals surface area contributed by atoms with E-state index in [2.05, 4.69) is 4.90 Å². The molecule has 1 saturated heterocycles. The molecule has 4 heteroatoms. The molecule has 0 saturated carbocycles. The van der Waals surface area contributed by atoms with Crippen molar-refractivity contribution in [2.75, 3.05) is 13.1 Å². The molecule has 2 N–H and O–H groups in total. The maximum atomic E-state index is 11.0. The van der Waals surface area contributed by atoms with Crippen molar-refractivity contribution in [3.05, 3.63) is 42.0 Å². The number of benzene rings is 2. The Morgan fingerprint density at radius 1 is 1.25 bits per heavy atom. The highest BCUT2D eigenvalue weighted by Crippen LogP contribution is 2.30. The molecule has 0 radical (unpaired) electrons. The van der Waals surface area contributed by atoms with E-state index in [-0.39, 0.29) is 11.7 Å². The quantitative estimate of drug-likeness (QED) is 0.900. The van der Waals surface area contributed by atoms with E-state index in [1.165, 1.54) is 0 Å². The molecule has 2 aromatic rings. The summed E-state index contributed by atoms with van der Waals surface area (Å²) in [6.45, 7) is 1.91. The number of rotatable bonds is 3. The van der Waals surface area contributed by atoms with E-state index in [1.54, 1.807) is 6.07 Å². The van der Waals surface area contributed by atoms with Crippen molar-refractivity contribution in [1.82, 2.24) is 4.90 Å². The topological polar surface area (TPSA) is 60.8 Å². The molecule has 0 amide bonds. The number of phenols is 1. The highest BCUT2D eigenvalue weighted by molar-refractivity contribution is 5.87. The zero-order chi connectivity index (χ0) is 14.1. The van der Waals surface area contributed by atoms with Crippen LogP contribution in [0.15, 0.2) is 36.4 Å². The van der Waals surface area contributed by atoms with Gasteiger partial charge in [-0.2, -0.15) is 0 Å². The number of carboxylic acid groups (broad SMARTS) is 1. The standard InChI is InChI=1S/C16H17NO3/c18-15-6-5-11-3-1-2-4-13(11)14(15)10-17-8-7-12(9-17)16(19)20/h1-6,12,18H,7-10H2,(H,19,20). The van der Waals surface area contributed by atoms with E-state index >= 15 is 0 Å². The van der Waals surface area contributed by atoms with E-state index < -0.39 is 5.97 Å². The van der Waals surface area contributed by atoms with Crippen molar-refractivity contribution >= 4 is 16.7 Å². The first-order valence-corrected chi connectivity index (χ1v) is 6.80. The highest BCUT2D eigenvalue weighted by Gasteiger charge is 2.28. The summed E-state index contributed by atoms with van der Waals surface area (Å²) < 4.78 is 0. The van der Waals surface area contributed by atoms with E-state index in [1.807, 2.05) is 30.3 Å². The fraction of sp³-hybridized carbons (Fsp3) is 0.312. The van der Waals surface area contributed by atoms with Gasteiger partial charge in [0, 0.05) is 18.7 Å². The van der Waals surface area contributed by atoms with Gasteiger partial charge in [-0.25, -0.2) is 0 Å². The smallest absolute Gasteiger partial charge is 0.307 e. The zero-order valence-corrected chi connectivity index (χ0v) is 11.1. The number of fused-ring (bicyclic) bond motifs is 1. The number of phenolic OH excluding ortho intramolecular Hbond substituents is 1. The second-order valence-corrected chi connectivity index (χ2v) is 5.34. The largest absolute Gasteiger partial charge is 0.508 e. The van der Waals surface area contributed by atoms with Gasteiger partial charge in [-0.3, -0.25) is 9.69 Å². The summed E-state index contributed by atoms with van der Waals surface area (Å²) in [5.41, 5.74) is 0.883. The molecule has 1 atom stereocenters. The number of hydrogen-bond donors (Lipinski definition) is 2. The number of carboxylic acids is 1. The van der Waals surface area contributed by atoms with Crippen molar-refractivity contribution in [3.8, 4) is 5.75 Å². The lowest BCUT2D eigenvalue weighted by Crippen LogP contribution is -2.23. The van der Waals surface area contributed by atoms with Crippen molar-refractivity contribution < 1.29 is 15.0 Å². The number of carbonyl (C=O) groups is 1. The summed E-state index contributed by atoms with van der Waals surface area (Å²) in [6, 6.07) is 11.5. The Balaban J connectivity index is 1.88. The third kappa shape index (κ3) is 2.34. The molecule has 0 spiro atoms. The molecule has 1 unspecified atom stereocenters. The summed E-state index contributed by atoms with van der Waals surface area (Å²) in [5, 5.41) is 21.3. The molecule has 1 fully saturated rings. The number of hydrogen-bond acceptors (Lipinski definition) is 3. The fourth-order valence-electron chi connectivity index (χ4n) is 2.89. The van der Waals surface area contributed by atoms with Gasteiger partial charge in [0.2, 0.25) is 0 Å². The van der Waals surface area contributed by atoms with E-state index in [4.69, 9.17) is 5.11 Å². The Kier molecular flexibility index (Phi) is 3.32. The number of nitrogens with zero attached hydrogens (tertiary/aromatic N) is 1. The minimum atomic E-state index is -0.727. The summed E-state index contributed by atoms with van der Waals surface area (Å²) in [4.78, 5) is 13.1. The van der Waals surface area contributed by atoms with Crippen LogP contribution >= 0.6 is 0 Å². The Bertz CT molecular complexity index is 653. The summed E-state index contributed by atoms with van der Waals surface area (Å²) in [7, 11) is 0. The molecule has 20 heavy (non-hydrogen) atoms. The molecule has 1 aliphatic heterocycles. The van der Waals surface area contributed by atoms with Crippen LogP contribution in [0.3, 0.4) is 0 Å². The average Bonchev–Trinajstić information content (AvgIpc) is 2.91. The molecule has 3 rings (SSSR count).